The lowest BCUT2D eigenvalue weighted by atomic mass is 9.66. The quantitative estimate of drug-likeness (QED) is 0.758. The first-order valence-corrected chi connectivity index (χ1v) is 9.32. The molecule has 4 heteroatoms. The van der Waals surface area contributed by atoms with Gasteiger partial charge in [-0.25, -0.2) is 0 Å². The van der Waals surface area contributed by atoms with Gasteiger partial charge in [0.25, 0.3) is 0 Å². The Hall–Kier alpha value is -1.81. The second-order valence-corrected chi connectivity index (χ2v) is 8.12. The summed E-state index contributed by atoms with van der Waals surface area (Å²) < 4.78 is 5.58. The molecular formula is C20H22N2O2. The van der Waals surface area contributed by atoms with Gasteiger partial charge in [0.1, 0.15) is 6.10 Å². The molecule has 2 aromatic rings. The summed E-state index contributed by atoms with van der Waals surface area (Å²) in [6.07, 6.45) is 4.49. The Morgan fingerprint density at radius 3 is 3.04 bits per heavy atom. The molecule has 1 N–H and O–H groups in total. The number of carbonyl (C=O) groups excluding carboxylic acids is 1. The Bertz CT molecular complexity index is 841. The number of hydrogen-bond acceptors (Lipinski definition) is 3. The zero-order valence-corrected chi connectivity index (χ0v) is 13.7. The molecule has 3 fully saturated rings. The van der Waals surface area contributed by atoms with Gasteiger partial charge in [0.15, 0.2) is 0 Å². The lowest BCUT2D eigenvalue weighted by molar-refractivity contribution is -0.144. The molecule has 4 aliphatic rings. The van der Waals surface area contributed by atoms with Crippen molar-refractivity contribution in [2.75, 3.05) is 13.1 Å². The summed E-state index contributed by atoms with van der Waals surface area (Å²) in [7, 11) is 0. The number of nitrogens with zero attached hydrogens (tertiary/aromatic N) is 1. The summed E-state index contributed by atoms with van der Waals surface area (Å²) in [5.41, 5.74) is 4.18. The fraction of sp³-hybridized carbons (Fsp3) is 0.550. The highest BCUT2D eigenvalue weighted by molar-refractivity contribution is 5.85. The van der Waals surface area contributed by atoms with Crippen LogP contribution in [-0.2, 0) is 16.0 Å². The van der Waals surface area contributed by atoms with Crippen LogP contribution in [0.25, 0.3) is 10.9 Å². The molecule has 2 bridgehead atoms. The second-order valence-electron chi connectivity index (χ2n) is 8.12. The predicted molar refractivity (Wildman–Crippen MR) is 90.5 cm³/mol. The number of nitrogens with one attached hydrogen (secondary N) is 1. The standard InChI is InChI=1S/C20H22N2O2/c23-20-16-8-12(24-20)7-11-10-22-6-5-14-13-3-1-2-4-17(13)21-19(14)18(22)9-15(11)16/h1-4,11-12,15-16,18,21H,5-10H2/t11-,12?,15+,16?,18?/m1/s1. The predicted octanol–water partition coefficient (Wildman–Crippen LogP) is 3.04. The van der Waals surface area contributed by atoms with E-state index in [1.807, 2.05) is 0 Å². The Balaban J connectivity index is 1.41. The summed E-state index contributed by atoms with van der Waals surface area (Å²) in [5, 5.41) is 1.39. The summed E-state index contributed by atoms with van der Waals surface area (Å²) >= 11 is 0. The molecule has 124 valence electrons. The number of carbonyl (C=O) groups is 1. The van der Waals surface area contributed by atoms with E-state index in [4.69, 9.17) is 4.74 Å². The van der Waals surface area contributed by atoms with Crippen LogP contribution < -0.4 is 0 Å². The molecule has 2 saturated heterocycles. The van der Waals surface area contributed by atoms with E-state index in [9.17, 15) is 4.79 Å². The van der Waals surface area contributed by atoms with E-state index in [1.165, 1.54) is 22.2 Å². The monoisotopic (exact) mass is 322 g/mol. The Kier molecular flexibility index (Phi) is 2.60. The van der Waals surface area contributed by atoms with Gasteiger partial charge in [-0.05, 0) is 49.1 Å². The van der Waals surface area contributed by atoms with Crippen molar-refractivity contribution in [2.24, 2.45) is 17.8 Å². The smallest absolute Gasteiger partial charge is 0.309 e. The molecular weight excluding hydrogens is 300 g/mol. The number of ether oxygens (including phenoxy) is 1. The van der Waals surface area contributed by atoms with E-state index in [-0.39, 0.29) is 18.0 Å². The van der Waals surface area contributed by atoms with Crippen LogP contribution in [0.15, 0.2) is 24.3 Å². The normalized spacial score (nSPS) is 37.7. The molecule has 3 unspecified atom stereocenters. The molecule has 0 radical (unpaired) electrons. The van der Waals surface area contributed by atoms with Gasteiger partial charge >= 0.3 is 5.97 Å². The van der Waals surface area contributed by atoms with Crippen molar-refractivity contribution >= 4 is 16.9 Å². The summed E-state index contributed by atoms with van der Waals surface area (Å²) in [4.78, 5) is 18.6. The van der Waals surface area contributed by atoms with E-state index >= 15 is 0 Å². The number of para-hydroxylation sites is 1. The van der Waals surface area contributed by atoms with Crippen molar-refractivity contribution in [3.05, 3.63) is 35.5 Å². The molecule has 3 aliphatic heterocycles. The van der Waals surface area contributed by atoms with Gasteiger partial charge in [-0.15, -0.1) is 0 Å². The largest absolute Gasteiger partial charge is 0.462 e. The van der Waals surface area contributed by atoms with Gasteiger partial charge in [0.2, 0.25) is 0 Å². The van der Waals surface area contributed by atoms with E-state index < -0.39 is 0 Å². The van der Waals surface area contributed by atoms with Gasteiger partial charge in [-0.2, -0.15) is 0 Å². The second kappa shape index (κ2) is 4.63. The minimum absolute atomic E-state index is 0.0774. The molecule has 4 heterocycles. The van der Waals surface area contributed by atoms with Gasteiger partial charge in [0.05, 0.1) is 12.0 Å². The van der Waals surface area contributed by atoms with Crippen LogP contribution in [0.4, 0.5) is 0 Å². The number of benzene rings is 1. The molecule has 0 amide bonds. The average Bonchev–Trinajstić information content (AvgIpc) is 3.12. The maximum Gasteiger partial charge on any atom is 0.309 e. The zero-order chi connectivity index (χ0) is 15.8. The van der Waals surface area contributed by atoms with Gasteiger partial charge in [-0.1, -0.05) is 18.2 Å². The van der Waals surface area contributed by atoms with Crippen molar-refractivity contribution < 1.29 is 9.53 Å². The van der Waals surface area contributed by atoms with Crippen LogP contribution in [0.5, 0.6) is 0 Å². The van der Waals surface area contributed by atoms with Crippen molar-refractivity contribution in [2.45, 2.75) is 37.8 Å². The van der Waals surface area contributed by atoms with Crippen molar-refractivity contribution in [1.29, 1.82) is 0 Å². The van der Waals surface area contributed by atoms with Crippen LogP contribution >= 0.6 is 0 Å². The number of aromatic amines is 1. The fourth-order valence-corrected chi connectivity index (χ4v) is 5.99. The van der Waals surface area contributed by atoms with Gasteiger partial charge in [0, 0.05) is 29.7 Å². The molecule has 6 rings (SSSR count). The van der Waals surface area contributed by atoms with Crippen LogP contribution in [0.3, 0.4) is 0 Å². The third-order valence-electron chi connectivity index (χ3n) is 7.02. The number of rotatable bonds is 0. The summed E-state index contributed by atoms with van der Waals surface area (Å²) in [5.74, 6) is 1.39. The minimum Gasteiger partial charge on any atom is -0.462 e. The van der Waals surface area contributed by atoms with Crippen LogP contribution in [-0.4, -0.2) is 35.0 Å². The molecule has 1 aliphatic carbocycles. The first kappa shape index (κ1) is 13.5. The van der Waals surface area contributed by atoms with E-state index in [0.29, 0.717) is 17.9 Å². The Morgan fingerprint density at radius 2 is 2.08 bits per heavy atom. The third-order valence-corrected chi connectivity index (χ3v) is 7.02. The Labute approximate surface area is 141 Å². The van der Waals surface area contributed by atoms with Crippen molar-refractivity contribution in [3.63, 3.8) is 0 Å². The third kappa shape index (κ3) is 1.70. The molecule has 0 spiro atoms. The number of hydrogen-bond donors (Lipinski definition) is 1. The number of fused-ring (bicyclic) bond motifs is 9. The molecule has 1 aromatic heterocycles. The molecule has 1 aromatic carbocycles. The number of esters is 1. The maximum absolute atomic E-state index is 12.2. The number of piperidine rings is 1. The summed E-state index contributed by atoms with van der Waals surface area (Å²) in [6.45, 7) is 2.28. The molecule has 5 atom stereocenters. The molecule has 1 saturated carbocycles. The van der Waals surface area contributed by atoms with Gasteiger partial charge in [-0.3, -0.25) is 9.69 Å². The number of H-pyrrole nitrogens is 1. The number of aromatic nitrogens is 1. The van der Waals surface area contributed by atoms with Crippen LogP contribution in [0.1, 0.15) is 36.6 Å². The fourth-order valence-electron chi connectivity index (χ4n) is 5.99. The maximum atomic E-state index is 12.2. The van der Waals surface area contributed by atoms with Crippen LogP contribution in [0, 0.1) is 17.8 Å². The topological polar surface area (TPSA) is 45.3 Å². The first-order chi connectivity index (χ1) is 11.8. The van der Waals surface area contributed by atoms with Crippen molar-refractivity contribution in [3.8, 4) is 0 Å². The van der Waals surface area contributed by atoms with Crippen molar-refractivity contribution in [1.82, 2.24) is 9.88 Å². The molecule has 24 heavy (non-hydrogen) atoms. The minimum atomic E-state index is 0.0774. The first-order valence-electron chi connectivity index (χ1n) is 9.32. The highest BCUT2D eigenvalue weighted by atomic mass is 16.6. The zero-order valence-electron chi connectivity index (χ0n) is 13.7. The van der Waals surface area contributed by atoms with Gasteiger partial charge < -0.3 is 9.72 Å². The van der Waals surface area contributed by atoms with E-state index in [0.717, 1.165) is 38.8 Å². The Morgan fingerprint density at radius 1 is 1.17 bits per heavy atom. The average molecular weight is 322 g/mol. The summed E-state index contributed by atoms with van der Waals surface area (Å²) in [6, 6.07) is 9.12. The van der Waals surface area contributed by atoms with Crippen LogP contribution in [0.2, 0.25) is 0 Å². The highest BCUT2D eigenvalue weighted by Gasteiger charge is 2.52. The lowest BCUT2D eigenvalue weighted by Gasteiger charge is -2.48. The highest BCUT2D eigenvalue weighted by Crippen LogP contribution is 2.51. The van der Waals surface area contributed by atoms with E-state index in [2.05, 4.69) is 34.1 Å². The van der Waals surface area contributed by atoms with E-state index in [1.54, 1.807) is 0 Å². The lowest BCUT2D eigenvalue weighted by Crippen LogP contribution is -2.49. The SMILES string of the molecule is O=C1OC2CC1[C@H]1CC3c4[nH]c5ccccc5c4CCN3C[C@H]1C2. The molecule has 4 nitrogen and oxygen atoms in total.